The molecule has 0 spiro atoms. The molecule has 1 saturated heterocycles. The Morgan fingerprint density at radius 3 is 2.69 bits per heavy atom. The Balaban J connectivity index is 2.04. The number of carbonyl (C=O) groups is 2. The highest BCUT2D eigenvalue weighted by atomic mass is 32.1. The molecule has 0 bridgehead atoms. The molecule has 1 aliphatic heterocycles. The van der Waals surface area contributed by atoms with Crippen LogP contribution in [0.1, 0.15) is 19.4 Å². The summed E-state index contributed by atoms with van der Waals surface area (Å²) < 4.78 is 0. The van der Waals surface area contributed by atoms with Crippen LogP contribution >= 0.6 is 11.3 Å². The molecular formula is C11H14N2O2S. The lowest BCUT2D eigenvalue weighted by molar-refractivity contribution is -0.125. The van der Waals surface area contributed by atoms with Gasteiger partial charge < -0.3 is 4.90 Å². The first-order valence-corrected chi connectivity index (χ1v) is 6.10. The van der Waals surface area contributed by atoms with Gasteiger partial charge in [-0.2, -0.15) is 11.3 Å². The second-order valence-electron chi connectivity index (χ2n) is 4.35. The standard InChI is InChI=1S/C11H14N2O2S/c1-11(2)9(14)12-10(15)13(11)5-3-8-4-6-16-7-8/h4,6-7H,3,5H2,1-2H3,(H,12,14,15). The van der Waals surface area contributed by atoms with E-state index < -0.39 is 5.54 Å². The molecule has 0 unspecified atom stereocenters. The van der Waals surface area contributed by atoms with E-state index in [-0.39, 0.29) is 11.9 Å². The summed E-state index contributed by atoms with van der Waals surface area (Å²) in [5.41, 5.74) is 0.473. The van der Waals surface area contributed by atoms with Crippen molar-refractivity contribution in [2.75, 3.05) is 6.54 Å². The van der Waals surface area contributed by atoms with Crippen molar-refractivity contribution >= 4 is 23.3 Å². The number of rotatable bonds is 3. The summed E-state index contributed by atoms with van der Waals surface area (Å²) in [7, 11) is 0. The summed E-state index contributed by atoms with van der Waals surface area (Å²) in [6.07, 6.45) is 0.785. The highest BCUT2D eigenvalue weighted by Crippen LogP contribution is 2.21. The van der Waals surface area contributed by atoms with Crippen LogP contribution in [0.4, 0.5) is 4.79 Å². The van der Waals surface area contributed by atoms with E-state index in [4.69, 9.17) is 0 Å². The number of thiophene rings is 1. The summed E-state index contributed by atoms with van der Waals surface area (Å²) in [6.45, 7) is 4.10. The van der Waals surface area contributed by atoms with Crippen molar-refractivity contribution in [3.8, 4) is 0 Å². The number of imide groups is 1. The van der Waals surface area contributed by atoms with Gasteiger partial charge in [-0.1, -0.05) is 0 Å². The molecule has 4 nitrogen and oxygen atoms in total. The second-order valence-corrected chi connectivity index (χ2v) is 5.13. The van der Waals surface area contributed by atoms with Crippen LogP contribution in [0.25, 0.3) is 0 Å². The fraction of sp³-hybridized carbons (Fsp3) is 0.455. The predicted octanol–water partition coefficient (Wildman–Crippen LogP) is 1.62. The molecule has 0 atom stereocenters. The van der Waals surface area contributed by atoms with Gasteiger partial charge in [-0.25, -0.2) is 4.79 Å². The molecule has 1 aromatic rings. The molecular weight excluding hydrogens is 224 g/mol. The van der Waals surface area contributed by atoms with Crippen LogP contribution in [-0.2, 0) is 11.2 Å². The van der Waals surface area contributed by atoms with Crippen LogP contribution in [-0.4, -0.2) is 28.9 Å². The Labute approximate surface area is 98.3 Å². The van der Waals surface area contributed by atoms with Gasteiger partial charge >= 0.3 is 6.03 Å². The van der Waals surface area contributed by atoms with Crippen molar-refractivity contribution in [3.05, 3.63) is 22.4 Å². The fourth-order valence-electron chi connectivity index (χ4n) is 1.75. The highest BCUT2D eigenvalue weighted by molar-refractivity contribution is 7.07. The number of amides is 3. The fourth-order valence-corrected chi connectivity index (χ4v) is 2.45. The Bertz CT molecular complexity index is 412. The Hall–Kier alpha value is -1.36. The number of nitrogens with one attached hydrogen (secondary N) is 1. The van der Waals surface area contributed by atoms with Crippen molar-refractivity contribution < 1.29 is 9.59 Å². The summed E-state index contributed by atoms with van der Waals surface area (Å²) in [5.74, 6) is -0.220. The predicted molar refractivity (Wildman–Crippen MR) is 62.3 cm³/mol. The second kappa shape index (κ2) is 3.90. The molecule has 0 radical (unpaired) electrons. The number of carbonyl (C=O) groups excluding carboxylic acids is 2. The lowest BCUT2D eigenvalue weighted by Gasteiger charge is -2.27. The molecule has 0 aliphatic carbocycles. The number of nitrogens with zero attached hydrogens (tertiary/aromatic N) is 1. The highest BCUT2D eigenvalue weighted by Gasteiger charge is 2.44. The quantitative estimate of drug-likeness (QED) is 0.813. The normalized spacial score (nSPS) is 19.0. The molecule has 5 heteroatoms. The molecule has 2 rings (SSSR count). The zero-order valence-corrected chi connectivity index (χ0v) is 10.1. The van der Waals surface area contributed by atoms with E-state index in [1.54, 1.807) is 30.1 Å². The van der Waals surface area contributed by atoms with Gasteiger partial charge in [0.2, 0.25) is 0 Å². The van der Waals surface area contributed by atoms with E-state index in [1.165, 1.54) is 5.56 Å². The van der Waals surface area contributed by atoms with Crippen molar-refractivity contribution in [2.45, 2.75) is 25.8 Å². The number of hydrogen-bond acceptors (Lipinski definition) is 3. The summed E-state index contributed by atoms with van der Waals surface area (Å²) >= 11 is 1.64. The van der Waals surface area contributed by atoms with Crippen LogP contribution in [0.5, 0.6) is 0 Å². The minimum atomic E-state index is -0.729. The Kier molecular flexibility index (Phi) is 2.71. The SMILES string of the molecule is CC1(C)C(=O)NC(=O)N1CCc1ccsc1. The maximum absolute atomic E-state index is 11.6. The van der Waals surface area contributed by atoms with Gasteiger partial charge in [-0.3, -0.25) is 10.1 Å². The van der Waals surface area contributed by atoms with E-state index in [0.29, 0.717) is 6.54 Å². The number of urea groups is 1. The molecule has 1 fully saturated rings. The van der Waals surface area contributed by atoms with Gasteiger partial charge in [0.05, 0.1) is 0 Å². The Morgan fingerprint density at radius 1 is 1.44 bits per heavy atom. The maximum Gasteiger partial charge on any atom is 0.325 e. The topological polar surface area (TPSA) is 49.4 Å². The molecule has 2 heterocycles. The van der Waals surface area contributed by atoms with Gasteiger partial charge in [-0.05, 0) is 42.7 Å². The maximum atomic E-state index is 11.6. The van der Waals surface area contributed by atoms with Crippen LogP contribution in [0.2, 0.25) is 0 Å². The molecule has 0 aromatic carbocycles. The van der Waals surface area contributed by atoms with E-state index in [1.807, 2.05) is 11.4 Å². The first-order valence-electron chi connectivity index (χ1n) is 5.16. The average Bonchev–Trinajstić information content (AvgIpc) is 2.75. The first kappa shape index (κ1) is 11.1. The Morgan fingerprint density at radius 2 is 2.19 bits per heavy atom. The summed E-state index contributed by atoms with van der Waals surface area (Å²) in [6, 6.07) is 1.75. The largest absolute Gasteiger partial charge is 0.325 e. The summed E-state index contributed by atoms with van der Waals surface area (Å²) in [5, 5.41) is 6.41. The van der Waals surface area contributed by atoms with Crippen molar-refractivity contribution in [1.29, 1.82) is 0 Å². The average molecular weight is 238 g/mol. The van der Waals surface area contributed by atoms with Gasteiger partial charge in [0.1, 0.15) is 5.54 Å². The third-order valence-corrected chi connectivity index (χ3v) is 3.63. The van der Waals surface area contributed by atoms with Gasteiger partial charge in [0, 0.05) is 6.54 Å². The van der Waals surface area contributed by atoms with E-state index in [2.05, 4.69) is 10.7 Å². The van der Waals surface area contributed by atoms with E-state index in [9.17, 15) is 9.59 Å². The molecule has 86 valence electrons. The van der Waals surface area contributed by atoms with Crippen LogP contribution in [0.3, 0.4) is 0 Å². The number of hydrogen-bond donors (Lipinski definition) is 1. The van der Waals surface area contributed by atoms with Crippen molar-refractivity contribution in [3.63, 3.8) is 0 Å². The summed E-state index contributed by atoms with van der Waals surface area (Å²) in [4.78, 5) is 24.7. The van der Waals surface area contributed by atoms with Gasteiger partial charge in [0.15, 0.2) is 0 Å². The minimum Gasteiger partial charge on any atom is -0.310 e. The zero-order valence-electron chi connectivity index (χ0n) is 9.32. The van der Waals surface area contributed by atoms with Crippen molar-refractivity contribution in [2.24, 2.45) is 0 Å². The van der Waals surface area contributed by atoms with Crippen molar-refractivity contribution in [1.82, 2.24) is 10.2 Å². The smallest absolute Gasteiger partial charge is 0.310 e. The monoisotopic (exact) mass is 238 g/mol. The molecule has 3 amide bonds. The van der Waals surface area contributed by atoms with E-state index in [0.717, 1.165) is 6.42 Å². The molecule has 1 aromatic heterocycles. The van der Waals surface area contributed by atoms with E-state index >= 15 is 0 Å². The third kappa shape index (κ3) is 1.82. The van der Waals surface area contributed by atoms with Crippen LogP contribution in [0, 0.1) is 0 Å². The lowest BCUT2D eigenvalue weighted by atomic mass is 10.0. The van der Waals surface area contributed by atoms with Crippen LogP contribution < -0.4 is 5.32 Å². The molecule has 1 N–H and O–H groups in total. The van der Waals surface area contributed by atoms with Gasteiger partial charge in [0.25, 0.3) is 5.91 Å². The zero-order chi connectivity index (χ0) is 11.8. The molecule has 16 heavy (non-hydrogen) atoms. The minimum absolute atomic E-state index is 0.220. The first-order chi connectivity index (χ1) is 7.51. The molecule has 0 saturated carbocycles. The van der Waals surface area contributed by atoms with Gasteiger partial charge in [-0.15, -0.1) is 0 Å². The third-order valence-electron chi connectivity index (χ3n) is 2.90. The van der Waals surface area contributed by atoms with Crippen LogP contribution in [0.15, 0.2) is 16.8 Å². The lowest BCUT2D eigenvalue weighted by Crippen LogP contribution is -2.45. The molecule has 1 aliphatic rings.